The Kier molecular flexibility index (Phi) is 53.0. The van der Waals surface area contributed by atoms with Crippen LogP contribution in [-0.4, -0.2) is 89.2 Å². The van der Waals surface area contributed by atoms with E-state index in [4.69, 9.17) is 23.7 Å². The number of carbonyl (C=O) groups is 4. The van der Waals surface area contributed by atoms with E-state index in [1.54, 1.807) is 0 Å². The number of carbonyl (C=O) groups excluding carboxylic acids is 3. The third-order valence-corrected chi connectivity index (χ3v) is 15.1. The summed E-state index contributed by atoms with van der Waals surface area (Å²) in [5.41, 5.74) is 0. The standard InChI is InChI=1S/C69H120O12/c1-4-7-10-13-16-19-22-25-28-30-31-33-35-37-40-43-46-49-52-55-61(70)77-58-60(79-62(71)56-53-50-47-44-41-38-34-27-24-21-18-15-12-9-6-3)59-78-69-67(65(74)64(73)66(81-69)68(75)76)80-63(72)57-54-51-48-45-42-39-36-32-29-26-23-20-17-14-11-8-5-2/h7,10,16,19,25,27-28,31,33-34,60,64-67,69,73-74H,4-6,8-9,11-15,17-18,20-24,26,29-30,32,35-59H2,1-3H3,(H,75,76)/b10-7-,19-16-,28-25-,33-31-,34-27-. The molecule has 1 fully saturated rings. The van der Waals surface area contributed by atoms with E-state index in [1.165, 1.54) is 116 Å². The zero-order valence-electron chi connectivity index (χ0n) is 51.8. The number of rotatable bonds is 57. The van der Waals surface area contributed by atoms with E-state index < -0.39 is 67.3 Å². The lowest BCUT2D eigenvalue weighted by Crippen LogP contribution is -2.61. The summed E-state index contributed by atoms with van der Waals surface area (Å²) >= 11 is 0. The Balaban J connectivity index is 2.65. The molecular weight excluding hydrogens is 1020 g/mol. The fourth-order valence-electron chi connectivity index (χ4n) is 10.0. The molecule has 0 spiro atoms. The van der Waals surface area contributed by atoms with Crippen molar-refractivity contribution in [2.75, 3.05) is 13.2 Å². The minimum atomic E-state index is -1.91. The highest BCUT2D eigenvalue weighted by atomic mass is 16.7. The molecule has 6 atom stereocenters. The number of aliphatic hydroxyl groups excluding tert-OH is 2. The van der Waals surface area contributed by atoms with Gasteiger partial charge in [0, 0.05) is 19.3 Å². The first-order chi connectivity index (χ1) is 39.6. The van der Waals surface area contributed by atoms with Crippen molar-refractivity contribution < 1.29 is 58.2 Å². The van der Waals surface area contributed by atoms with E-state index in [0.29, 0.717) is 19.3 Å². The Morgan fingerprint density at radius 2 is 0.778 bits per heavy atom. The molecule has 1 rings (SSSR count). The predicted molar refractivity (Wildman–Crippen MR) is 331 cm³/mol. The average Bonchev–Trinajstić information content (AvgIpc) is 3.53. The van der Waals surface area contributed by atoms with E-state index >= 15 is 0 Å². The second kappa shape index (κ2) is 56.9. The maximum atomic E-state index is 13.2. The molecular formula is C69H120O12. The van der Waals surface area contributed by atoms with Crippen molar-refractivity contribution in [1.29, 1.82) is 0 Å². The van der Waals surface area contributed by atoms with Crippen molar-refractivity contribution in [2.45, 2.75) is 340 Å². The van der Waals surface area contributed by atoms with Crippen LogP contribution in [0.15, 0.2) is 60.8 Å². The normalized spacial score (nSPS) is 18.1. The average molecular weight is 1140 g/mol. The number of allylic oxidation sites excluding steroid dienone is 10. The number of hydrogen-bond acceptors (Lipinski definition) is 11. The van der Waals surface area contributed by atoms with Gasteiger partial charge in [0.05, 0.1) is 6.61 Å². The molecule has 0 aromatic heterocycles. The minimum absolute atomic E-state index is 0.0617. The van der Waals surface area contributed by atoms with Gasteiger partial charge in [-0.05, 0) is 83.5 Å². The smallest absolute Gasteiger partial charge is 0.335 e. The molecule has 0 saturated carbocycles. The van der Waals surface area contributed by atoms with Crippen LogP contribution in [0.25, 0.3) is 0 Å². The fraction of sp³-hybridized carbons (Fsp3) is 0.797. The first kappa shape index (κ1) is 75.4. The highest BCUT2D eigenvalue weighted by Crippen LogP contribution is 2.27. The molecule has 0 aromatic rings. The second-order valence-corrected chi connectivity index (χ2v) is 22.7. The van der Waals surface area contributed by atoms with Gasteiger partial charge in [0.2, 0.25) is 0 Å². The van der Waals surface area contributed by atoms with Gasteiger partial charge < -0.3 is 39.0 Å². The maximum absolute atomic E-state index is 13.2. The Morgan fingerprint density at radius 1 is 0.420 bits per heavy atom. The predicted octanol–water partition coefficient (Wildman–Crippen LogP) is 17.9. The number of unbranched alkanes of at least 4 members (excludes halogenated alkanes) is 33. The molecule has 0 aliphatic carbocycles. The zero-order chi connectivity index (χ0) is 58.9. The van der Waals surface area contributed by atoms with Crippen LogP contribution in [0.2, 0.25) is 0 Å². The van der Waals surface area contributed by atoms with Crippen molar-refractivity contribution in [3.63, 3.8) is 0 Å². The van der Waals surface area contributed by atoms with E-state index in [1.807, 2.05) is 0 Å². The van der Waals surface area contributed by atoms with E-state index in [-0.39, 0.29) is 25.9 Å². The largest absolute Gasteiger partial charge is 0.479 e. The van der Waals surface area contributed by atoms with Crippen LogP contribution in [-0.2, 0) is 42.9 Å². The topological polar surface area (TPSA) is 175 Å². The van der Waals surface area contributed by atoms with Gasteiger partial charge >= 0.3 is 23.9 Å². The Bertz CT molecular complexity index is 1640. The van der Waals surface area contributed by atoms with Gasteiger partial charge in [0.1, 0.15) is 18.8 Å². The molecule has 0 radical (unpaired) electrons. The lowest BCUT2D eigenvalue weighted by Gasteiger charge is -2.40. The highest BCUT2D eigenvalue weighted by Gasteiger charge is 2.50. The number of aliphatic carboxylic acids is 1. The summed E-state index contributed by atoms with van der Waals surface area (Å²) in [7, 11) is 0. The van der Waals surface area contributed by atoms with Gasteiger partial charge in [-0.1, -0.05) is 261 Å². The molecule has 1 saturated heterocycles. The molecule has 12 nitrogen and oxygen atoms in total. The number of hydrogen-bond donors (Lipinski definition) is 3. The summed E-state index contributed by atoms with van der Waals surface area (Å²) < 4.78 is 28.6. The molecule has 12 heteroatoms. The minimum Gasteiger partial charge on any atom is -0.479 e. The maximum Gasteiger partial charge on any atom is 0.335 e. The molecule has 468 valence electrons. The quantitative estimate of drug-likeness (QED) is 0.0228. The van der Waals surface area contributed by atoms with E-state index in [2.05, 4.69) is 81.5 Å². The molecule has 1 heterocycles. The summed E-state index contributed by atoms with van der Waals surface area (Å²) in [6.45, 7) is 5.90. The lowest BCUT2D eigenvalue weighted by molar-refractivity contribution is -0.301. The van der Waals surface area contributed by atoms with Gasteiger partial charge in [-0.3, -0.25) is 14.4 Å². The van der Waals surface area contributed by atoms with Crippen LogP contribution in [0.4, 0.5) is 0 Å². The first-order valence-electron chi connectivity index (χ1n) is 33.3. The summed E-state index contributed by atoms with van der Waals surface area (Å²) in [5, 5.41) is 31.6. The lowest BCUT2D eigenvalue weighted by atomic mass is 9.98. The number of carboxylic acids is 1. The van der Waals surface area contributed by atoms with Crippen molar-refractivity contribution in [1.82, 2.24) is 0 Å². The highest BCUT2D eigenvalue weighted by molar-refractivity contribution is 5.74. The Labute approximate surface area is 494 Å². The molecule has 81 heavy (non-hydrogen) atoms. The summed E-state index contributed by atoms with van der Waals surface area (Å²) in [4.78, 5) is 51.4. The summed E-state index contributed by atoms with van der Waals surface area (Å²) in [5.74, 6) is -3.12. The number of aliphatic hydroxyl groups is 2. The van der Waals surface area contributed by atoms with Crippen LogP contribution < -0.4 is 0 Å². The molecule has 3 N–H and O–H groups in total. The molecule has 0 amide bonds. The monoisotopic (exact) mass is 1140 g/mol. The van der Waals surface area contributed by atoms with Crippen molar-refractivity contribution in [3.05, 3.63) is 60.8 Å². The van der Waals surface area contributed by atoms with E-state index in [0.717, 1.165) is 128 Å². The second-order valence-electron chi connectivity index (χ2n) is 22.7. The third-order valence-electron chi connectivity index (χ3n) is 15.1. The van der Waals surface area contributed by atoms with Gasteiger partial charge in [0.25, 0.3) is 0 Å². The summed E-state index contributed by atoms with van der Waals surface area (Å²) in [6, 6.07) is 0. The van der Waals surface area contributed by atoms with Crippen molar-refractivity contribution in [2.24, 2.45) is 0 Å². The van der Waals surface area contributed by atoms with Crippen LogP contribution >= 0.6 is 0 Å². The Hall–Kier alpha value is -3.58. The number of esters is 3. The van der Waals surface area contributed by atoms with Crippen LogP contribution in [0.5, 0.6) is 0 Å². The molecule has 0 bridgehead atoms. The Morgan fingerprint density at radius 3 is 1.20 bits per heavy atom. The van der Waals surface area contributed by atoms with E-state index in [9.17, 15) is 34.5 Å². The van der Waals surface area contributed by atoms with Gasteiger partial charge in [0.15, 0.2) is 24.6 Å². The molecule has 0 aromatic carbocycles. The number of carboxylic acid groups (broad SMARTS) is 1. The molecule has 6 unspecified atom stereocenters. The van der Waals surface area contributed by atoms with Crippen LogP contribution in [0.1, 0.15) is 303 Å². The fourth-order valence-corrected chi connectivity index (χ4v) is 10.0. The van der Waals surface area contributed by atoms with Crippen molar-refractivity contribution in [3.8, 4) is 0 Å². The number of ether oxygens (including phenoxy) is 5. The molecule has 1 aliphatic rings. The van der Waals surface area contributed by atoms with Gasteiger partial charge in [-0.15, -0.1) is 0 Å². The van der Waals surface area contributed by atoms with Gasteiger partial charge in [-0.25, -0.2) is 4.79 Å². The van der Waals surface area contributed by atoms with Crippen molar-refractivity contribution >= 4 is 23.9 Å². The van der Waals surface area contributed by atoms with Crippen LogP contribution in [0, 0.1) is 0 Å². The molecule has 1 aliphatic heterocycles. The SMILES string of the molecule is CC/C=C\C/C=C\C/C=C\C/C=C\CCCCCCCCC(=O)OCC(COC1OC(C(=O)O)C(O)C(O)C1OC(=O)CCCCCCCCCCCCCCCCCCC)OC(=O)CCCCCCC/C=C\CCCCCCCC. The first-order valence-corrected chi connectivity index (χ1v) is 33.3. The third kappa shape index (κ3) is 46.5. The van der Waals surface area contributed by atoms with Crippen LogP contribution in [0.3, 0.4) is 0 Å². The summed E-state index contributed by atoms with van der Waals surface area (Å²) in [6.07, 6.45) is 58.9. The zero-order valence-corrected chi connectivity index (χ0v) is 51.8. The van der Waals surface area contributed by atoms with Gasteiger partial charge in [-0.2, -0.15) is 0 Å².